The van der Waals surface area contributed by atoms with Crippen molar-refractivity contribution in [3.05, 3.63) is 64.7 Å². The van der Waals surface area contributed by atoms with E-state index in [0.29, 0.717) is 11.3 Å². The van der Waals surface area contributed by atoms with E-state index in [1.54, 1.807) is 6.92 Å². The highest BCUT2D eigenvalue weighted by atomic mass is 19.1. The summed E-state index contributed by atoms with van der Waals surface area (Å²) >= 11 is 0. The van der Waals surface area contributed by atoms with Crippen molar-refractivity contribution < 1.29 is 30.7 Å². The maximum atomic E-state index is 14.4. The third kappa shape index (κ3) is 4.33. The van der Waals surface area contributed by atoms with Crippen molar-refractivity contribution in [3.63, 3.8) is 0 Å². The van der Waals surface area contributed by atoms with Gasteiger partial charge in [-0.05, 0) is 24.6 Å². The Morgan fingerprint density at radius 1 is 1.29 bits per heavy atom. The third-order valence-electron chi connectivity index (χ3n) is 3.77. The van der Waals surface area contributed by atoms with Crippen molar-refractivity contribution in [1.29, 1.82) is 0 Å². The SMILES string of the molecule is COC1=C=C(C(=O)NC(=O)Nc2cc(C)c(Oc3ccc(F)cn3)c(F)c2)C1.[HH].[HH]. The van der Waals surface area contributed by atoms with Crippen LogP contribution in [0.15, 0.2) is 47.5 Å². The topological polar surface area (TPSA) is 89.5 Å². The van der Waals surface area contributed by atoms with Crippen LogP contribution in [0.2, 0.25) is 0 Å². The number of nitrogens with one attached hydrogen (secondary N) is 2. The zero-order valence-corrected chi connectivity index (χ0v) is 14.9. The van der Waals surface area contributed by atoms with Crippen LogP contribution in [-0.2, 0) is 9.53 Å². The fourth-order valence-corrected chi connectivity index (χ4v) is 2.37. The number of benzene rings is 1. The summed E-state index contributed by atoms with van der Waals surface area (Å²) in [5.74, 6) is -1.49. The maximum Gasteiger partial charge on any atom is 0.326 e. The standard InChI is InChI=1S/C19H15F2N3O4.2H2/c1-10-5-13(23-19(26)24-18(25)11-6-14(7-11)27-2)8-15(21)17(10)28-16-4-3-12(20)9-22-16;;/h3-5,8-9H,6H2,1-2H3,(H2,23,24,25,26);2*1H. The number of imide groups is 1. The molecule has 2 N–H and O–H groups in total. The first kappa shape index (κ1) is 19.1. The summed E-state index contributed by atoms with van der Waals surface area (Å²) in [6.45, 7) is 1.56. The molecular formula is C19H19F2N3O4. The normalized spacial score (nSPS) is 12.3. The Morgan fingerprint density at radius 2 is 2.04 bits per heavy atom. The van der Waals surface area contributed by atoms with Crippen LogP contribution in [0.5, 0.6) is 11.6 Å². The summed E-state index contributed by atoms with van der Waals surface area (Å²) in [5.41, 5.74) is 3.43. The molecule has 1 heterocycles. The lowest BCUT2D eigenvalue weighted by atomic mass is 10.0. The molecule has 28 heavy (non-hydrogen) atoms. The van der Waals surface area contributed by atoms with Crippen molar-refractivity contribution in [2.45, 2.75) is 13.3 Å². The van der Waals surface area contributed by atoms with Gasteiger partial charge in [0.25, 0.3) is 5.91 Å². The van der Waals surface area contributed by atoms with Crippen LogP contribution in [0.1, 0.15) is 14.8 Å². The Kier molecular flexibility index (Phi) is 5.37. The van der Waals surface area contributed by atoms with E-state index < -0.39 is 23.6 Å². The molecule has 0 unspecified atom stereocenters. The van der Waals surface area contributed by atoms with E-state index in [1.165, 1.54) is 19.2 Å². The van der Waals surface area contributed by atoms with Gasteiger partial charge in [0.05, 0.1) is 25.3 Å². The van der Waals surface area contributed by atoms with Gasteiger partial charge in [-0.1, -0.05) is 5.73 Å². The molecule has 0 aliphatic heterocycles. The predicted molar refractivity (Wildman–Crippen MR) is 99.0 cm³/mol. The van der Waals surface area contributed by atoms with Gasteiger partial charge in [0.15, 0.2) is 11.6 Å². The molecule has 0 radical (unpaired) electrons. The predicted octanol–water partition coefficient (Wildman–Crippen LogP) is 4.06. The molecule has 0 bridgehead atoms. The minimum atomic E-state index is -0.821. The number of carbonyl (C=O) groups is 2. The average Bonchev–Trinajstić information content (AvgIpc) is 2.58. The minimum absolute atomic E-state index is 0. The Balaban J connectivity index is 0.00000225. The minimum Gasteiger partial charge on any atom is -0.493 e. The largest absolute Gasteiger partial charge is 0.493 e. The van der Waals surface area contributed by atoms with E-state index in [0.717, 1.165) is 18.3 Å². The number of rotatable bonds is 5. The van der Waals surface area contributed by atoms with Crippen molar-refractivity contribution in [3.8, 4) is 11.6 Å². The summed E-state index contributed by atoms with van der Waals surface area (Å²) in [4.78, 5) is 27.5. The summed E-state index contributed by atoms with van der Waals surface area (Å²) in [6, 6.07) is 4.06. The number of ether oxygens (including phenoxy) is 2. The van der Waals surface area contributed by atoms with Crippen molar-refractivity contribution >= 4 is 17.6 Å². The second kappa shape index (κ2) is 7.89. The van der Waals surface area contributed by atoms with Gasteiger partial charge in [-0.2, -0.15) is 0 Å². The Bertz CT molecular complexity index is 1000. The number of hydrogen-bond donors (Lipinski definition) is 2. The number of methoxy groups -OCH3 is 1. The second-order valence-corrected chi connectivity index (χ2v) is 5.84. The van der Waals surface area contributed by atoms with E-state index in [2.05, 4.69) is 21.3 Å². The second-order valence-electron chi connectivity index (χ2n) is 5.84. The summed E-state index contributed by atoms with van der Waals surface area (Å²) < 4.78 is 37.5. The first-order valence-electron chi connectivity index (χ1n) is 8.10. The molecule has 1 aromatic carbocycles. The van der Waals surface area contributed by atoms with Crippen molar-refractivity contribution in [1.82, 2.24) is 10.3 Å². The lowest BCUT2D eigenvalue weighted by molar-refractivity contribution is -0.116. The van der Waals surface area contributed by atoms with E-state index in [1.807, 2.05) is 0 Å². The number of carbonyl (C=O) groups excluding carboxylic acids is 2. The number of pyridine rings is 1. The Hall–Kier alpha value is -3.71. The van der Waals surface area contributed by atoms with Gasteiger partial charge in [0.1, 0.15) is 11.6 Å². The zero-order valence-electron chi connectivity index (χ0n) is 14.9. The fourth-order valence-electron chi connectivity index (χ4n) is 2.37. The molecule has 3 amide bonds. The molecule has 0 atom stereocenters. The van der Waals surface area contributed by atoms with Crippen LogP contribution in [0.3, 0.4) is 0 Å². The summed E-state index contributed by atoms with van der Waals surface area (Å²) in [5, 5.41) is 4.49. The number of aromatic nitrogens is 1. The monoisotopic (exact) mass is 391 g/mol. The summed E-state index contributed by atoms with van der Waals surface area (Å²) in [7, 11) is 1.46. The van der Waals surface area contributed by atoms with Crippen LogP contribution in [0, 0.1) is 18.6 Å². The van der Waals surface area contributed by atoms with E-state index in [9.17, 15) is 18.4 Å². The molecule has 2 aromatic rings. The van der Waals surface area contributed by atoms with E-state index in [4.69, 9.17) is 9.47 Å². The molecule has 9 heteroatoms. The van der Waals surface area contributed by atoms with Crippen LogP contribution in [0.4, 0.5) is 19.3 Å². The highest BCUT2D eigenvalue weighted by Gasteiger charge is 2.21. The molecule has 3 rings (SSSR count). The fraction of sp³-hybridized carbons (Fsp3) is 0.158. The lowest BCUT2D eigenvalue weighted by Crippen LogP contribution is -2.36. The van der Waals surface area contributed by atoms with Crippen molar-refractivity contribution in [2.24, 2.45) is 0 Å². The maximum absolute atomic E-state index is 14.4. The molecule has 0 saturated heterocycles. The highest BCUT2D eigenvalue weighted by molar-refractivity contribution is 6.08. The average molecular weight is 391 g/mol. The first-order chi connectivity index (χ1) is 13.4. The lowest BCUT2D eigenvalue weighted by Gasteiger charge is -2.14. The summed E-state index contributed by atoms with van der Waals surface area (Å²) in [6.07, 6.45) is 1.23. The zero-order chi connectivity index (χ0) is 20.3. The number of urea groups is 1. The van der Waals surface area contributed by atoms with Crippen LogP contribution >= 0.6 is 0 Å². The number of hydrogen-bond acceptors (Lipinski definition) is 5. The van der Waals surface area contributed by atoms with Crippen LogP contribution in [0.25, 0.3) is 0 Å². The van der Waals surface area contributed by atoms with E-state index in [-0.39, 0.29) is 32.2 Å². The molecule has 0 spiro atoms. The molecule has 1 aromatic heterocycles. The van der Waals surface area contributed by atoms with Gasteiger partial charge in [-0.3, -0.25) is 10.1 Å². The van der Waals surface area contributed by atoms with Gasteiger partial charge in [0, 0.05) is 20.7 Å². The molecule has 1 aliphatic rings. The molecular weight excluding hydrogens is 372 g/mol. The number of aryl methyl sites for hydroxylation is 1. The van der Waals surface area contributed by atoms with Crippen LogP contribution in [-0.4, -0.2) is 24.0 Å². The van der Waals surface area contributed by atoms with Gasteiger partial charge in [-0.25, -0.2) is 18.6 Å². The molecule has 0 saturated carbocycles. The Labute approximate surface area is 161 Å². The van der Waals surface area contributed by atoms with Gasteiger partial charge >= 0.3 is 6.03 Å². The van der Waals surface area contributed by atoms with Gasteiger partial charge < -0.3 is 14.8 Å². The van der Waals surface area contributed by atoms with Crippen LogP contribution < -0.4 is 15.4 Å². The molecule has 0 fully saturated rings. The highest BCUT2D eigenvalue weighted by Crippen LogP contribution is 2.30. The number of halogens is 2. The van der Waals surface area contributed by atoms with Crippen molar-refractivity contribution in [2.75, 3.05) is 12.4 Å². The smallest absolute Gasteiger partial charge is 0.326 e. The molecule has 148 valence electrons. The Morgan fingerprint density at radius 3 is 2.64 bits per heavy atom. The third-order valence-corrected chi connectivity index (χ3v) is 3.77. The quantitative estimate of drug-likeness (QED) is 0.751. The molecule has 7 nitrogen and oxygen atoms in total. The molecule has 1 aliphatic carbocycles. The van der Waals surface area contributed by atoms with Gasteiger partial charge in [0.2, 0.25) is 5.88 Å². The van der Waals surface area contributed by atoms with Gasteiger partial charge in [-0.15, -0.1) is 0 Å². The number of amides is 3. The number of anilines is 1. The number of nitrogens with zero attached hydrogens (tertiary/aromatic N) is 1. The first-order valence-corrected chi connectivity index (χ1v) is 8.10. The van der Waals surface area contributed by atoms with E-state index >= 15 is 0 Å².